The SMILES string of the molecule is Cc1cn2c(C(=O)NC[C@H]3CC[C@@H]4C[C@H]3C4(C)C)cccc2n1. The van der Waals surface area contributed by atoms with Crippen molar-refractivity contribution in [3.8, 4) is 0 Å². The molecule has 3 aliphatic carbocycles. The van der Waals surface area contributed by atoms with Crippen LogP contribution in [0.2, 0.25) is 0 Å². The van der Waals surface area contributed by atoms with Gasteiger partial charge in [0.15, 0.2) is 0 Å². The summed E-state index contributed by atoms with van der Waals surface area (Å²) in [7, 11) is 0. The van der Waals surface area contributed by atoms with Crippen molar-refractivity contribution in [3.63, 3.8) is 0 Å². The van der Waals surface area contributed by atoms with E-state index in [-0.39, 0.29) is 5.91 Å². The molecule has 3 fully saturated rings. The predicted molar refractivity (Wildman–Crippen MR) is 90.4 cm³/mol. The third-order valence-corrected chi connectivity index (χ3v) is 6.37. The fraction of sp³-hybridized carbons (Fsp3) is 0.579. The highest BCUT2D eigenvalue weighted by Gasteiger charge is 2.53. The number of rotatable bonds is 3. The maximum Gasteiger partial charge on any atom is 0.268 e. The first-order valence-electron chi connectivity index (χ1n) is 8.69. The molecule has 122 valence electrons. The average molecular weight is 311 g/mol. The molecule has 0 unspecified atom stereocenters. The number of carbonyl (C=O) groups is 1. The van der Waals surface area contributed by atoms with E-state index in [1.807, 2.05) is 35.7 Å². The minimum Gasteiger partial charge on any atom is -0.350 e. The van der Waals surface area contributed by atoms with E-state index < -0.39 is 0 Å². The van der Waals surface area contributed by atoms with Crippen molar-refractivity contribution in [1.82, 2.24) is 14.7 Å². The zero-order valence-corrected chi connectivity index (χ0v) is 14.2. The molecule has 0 radical (unpaired) electrons. The quantitative estimate of drug-likeness (QED) is 0.944. The van der Waals surface area contributed by atoms with Crippen LogP contribution in [-0.4, -0.2) is 21.8 Å². The molecule has 0 spiro atoms. The summed E-state index contributed by atoms with van der Waals surface area (Å²) < 4.78 is 1.88. The van der Waals surface area contributed by atoms with Crippen LogP contribution in [0.15, 0.2) is 24.4 Å². The Labute approximate surface area is 137 Å². The van der Waals surface area contributed by atoms with Crippen LogP contribution in [0.4, 0.5) is 0 Å². The Kier molecular flexibility index (Phi) is 3.26. The summed E-state index contributed by atoms with van der Waals surface area (Å²) in [6.07, 6.45) is 5.85. The van der Waals surface area contributed by atoms with Crippen molar-refractivity contribution >= 4 is 11.6 Å². The van der Waals surface area contributed by atoms with Crippen molar-refractivity contribution < 1.29 is 4.79 Å². The molecule has 0 aromatic carbocycles. The van der Waals surface area contributed by atoms with E-state index in [0.29, 0.717) is 17.0 Å². The maximum absolute atomic E-state index is 12.6. The summed E-state index contributed by atoms with van der Waals surface area (Å²) >= 11 is 0. The molecule has 0 saturated heterocycles. The Balaban J connectivity index is 1.48. The molecule has 3 atom stereocenters. The zero-order chi connectivity index (χ0) is 16.2. The molecule has 2 heterocycles. The summed E-state index contributed by atoms with van der Waals surface area (Å²) in [5.41, 5.74) is 2.90. The number of hydrogen-bond donors (Lipinski definition) is 1. The van der Waals surface area contributed by atoms with Gasteiger partial charge < -0.3 is 5.32 Å². The van der Waals surface area contributed by atoms with Crippen LogP contribution in [0.5, 0.6) is 0 Å². The van der Waals surface area contributed by atoms with E-state index in [9.17, 15) is 4.79 Å². The highest BCUT2D eigenvalue weighted by atomic mass is 16.1. The average Bonchev–Trinajstić information content (AvgIpc) is 2.92. The Bertz CT molecular complexity index is 759. The molecule has 4 nitrogen and oxygen atoms in total. The highest BCUT2D eigenvalue weighted by molar-refractivity contribution is 5.93. The molecule has 3 saturated carbocycles. The van der Waals surface area contributed by atoms with Gasteiger partial charge in [0.2, 0.25) is 0 Å². The lowest BCUT2D eigenvalue weighted by molar-refractivity contribution is -0.103. The highest BCUT2D eigenvalue weighted by Crippen LogP contribution is 2.61. The Morgan fingerprint density at radius 3 is 2.96 bits per heavy atom. The molecular weight excluding hydrogens is 286 g/mol. The number of amides is 1. The number of nitrogens with one attached hydrogen (secondary N) is 1. The van der Waals surface area contributed by atoms with Crippen LogP contribution in [0.3, 0.4) is 0 Å². The van der Waals surface area contributed by atoms with E-state index in [1.165, 1.54) is 19.3 Å². The lowest BCUT2D eigenvalue weighted by Crippen LogP contribution is -2.54. The molecule has 3 aliphatic rings. The number of aromatic nitrogens is 2. The summed E-state index contributed by atoms with van der Waals surface area (Å²) in [5, 5.41) is 3.18. The normalized spacial score (nSPS) is 28.4. The second kappa shape index (κ2) is 5.08. The first-order valence-corrected chi connectivity index (χ1v) is 8.69. The maximum atomic E-state index is 12.6. The lowest BCUT2D eigenvalue weighted by atomic mass is 9.45. The van der Waals surface area contributed by atoms with Gasteiger partial charge in [-0.25, -0.2) is 4.98 Å². The van der Waals surface area contributed by atoms with E-state index in [4.69, 9.17) is 0 Å². The standard InChI is InChI=1S/C19H25N3O/c1-12-11-22-16(5-4-6-17(22)21-12)18(23)20-10-13-7-8-14-9-15(13)19(14,2)3/h4-6,11,13-15H,7-10H2,1-3H3,(H,20,23)/t13-,14-,15-/m1/s1. The second-order valence-corrected chi connectivity index (χ2v) is 7.93. The Morgan fingerprint density at radius 2 is 2.22 bits per heavy atom. The molecule has 5 rings (SSSR count). The van der Waals surface area contributed by atoms with Gasteiger partial charge in [0.25, 0.3) is 5.91 Å². The van der Waals surface area contributed by atoms with Crippen LogP contribution in [0, 0.1) is 30.1 Å². The van der Waals surface area contributed by atoms with Gasteiger partial charge in [-0.05, 0) is 61.5 Å². The third-order valence-electron chi connectivity index (χ3n) is 6.37. The van der Waals surface area contributed by atoms with E-state index in [0.717, 1.165) is 29.7 Å². The van der Waals surface area contributed by atoms with Gasteiger partial charge in [0.1, 0.15) is 11.3 Å². The monoisotopic (exact) mass is 311 g/mol. The minimum absolute atomic E-state index is 0.00672. The summed E-state index contributed by atoms with van der Waals surface area (Å²) in [4.78, 5) is 17.1. The number of fused-ring (bicyclic) bond motifs is 3. The molecule has 0 aliphatic heterocycles. The largest absolute Gasteiger partial charge is 0.350 e. The fourth-order valence-electron chi connectivity index (χ4n) is 4.84. The number of aryl methyl sites for hydroxylation is 1. The summed E-state index contributed by atoms with van der Waals surface area (Å²) in [5.74, 6) is 2.31. The van der Waals surface area contributed by atoms with Crippen LogP contribution in [0.25, 0.3) is 5.65 Å². The molecule has 1 N–H and O–H groups in total. The summed E-state index contributed by atoms with van der Waals surface area (Å²) in [6, 6.07) is 5.70. The van der Waals surface area contributed by atoms with Crippen molar-refractivity contribution in [2.45, 2.75) is 40.0 Å². The fourth-order valence-corrected chi connectivity index (χ4v) is 4.84. The number of pyridine rings is 1. The Morgan fingerprint density at radius 1 is 1.39 bits per heavy atom. The second-order valence-electron chi connectivity index (χ2n) is 7.93. The molecule has 23 heavy (non-hydrogen) atoms. The van der Waals surface area contributed by atoms with Gasteiger partial charge in [-0.2, -0.15) is 0 Å². The number of hydrogen-bond acceptors (Lipinski definition) is 2. The van der Waals surface area contributed by atoms with Gasteiger partial charge in [-0.15, -0.1) is 0 Å². The molecule has 2 aromatic heterocycles. The Hall–Kier alpha value is -1.84. The molecular formula is C19H25N3O. The third kappa shape index (κ3) is 2.27. The topological polar surface area (TPSA) is 46.4 Å². The lowest BCUT2D eigenvalue weighted by Gasteiger charge is -2.60. The number of nitrogens with zero attached hydrogens (tertiary/aromatic N) is 2. The van der Waals surface area contributed by atoms with Crippen molar-refractivity contribution in [3.05, 3.63) is 35.8 Å². The van der Waals surface area contributed by atoms with Gasteiger partial charge in [0.05, 0.1) is 5.69 Å². The minimum atomic E-state index is 0.00672. The molecule has 1 amide bonds. The number of imidazole rings is 1. The van der Waals surface area contributed by atoms with Crippen LogP contribution < -0.4 is 5.32 Å². The van der Waals surface area contributed by atoms with E-state index >= 15 is 0 Å². The van der Waals surface area contributed by atoms with E-state index in [1.54, 1.807) is 0 Å². The van der Waals surface area contributed by atoms with Crippen LogP contribution >= 0.6 is 0 Å². The van der Waals surface area contributed by atoms with Crippen molar-refractivity contribution in [1.29, 1.82) is 0 Å². The van der Waals surface area contributed by atoms with E-state index in [2.05, 4.69) is 24.1 Å². The van der Waals surface area contributed by atoms with Gasteiger partial charge in [0, 0.05) is 12.7 Å². The van der Waals surface area contributed by atoms with Crippen molar-refractivity contribution in [2.24, 2.45) is 23.2 Å². The smallest absolute Gasteiger partial charge is 0.268 e. The molecule has 2 bridgehead atoms. The van der Waals surface area contributed by atoms with Gasteiger partial charge in [-0.3, -0.25) is 9.20 Å². The predicted octanol–water partition coefficient (Wildman–Crippen LogP) is 3.44. The zero-order valence-electron chi connectivity index (χ0n) is 14.2. The van der Waals surface area contributed by atoms with Gasteiger partial charge in [-0.1, -0.05) is 19.9 Å². The molecule has 2 aromatic rings. The van der Waals surface area contributed by atoms with Crippen molar-refractivity contribution in [2.75, 3.05) is 6.54 Å². The summed E-state index contributed by atoms with van der Waals surface area (Å²) in [6.45, 7) is 7.54. The van der Waals surface area contributed by atoms with Crippen LogP contribution in [0.1, 0.15) is 49.3 Å². The molecule has 4 heteroatoms. The first kappa shape index (κ1) is 14.7. The van der Waals surface area contributed by atoms with Gasteiger partial charge >= 0.3 is 0 Å². The number of carbonyl (C=O) groups excluding carboxylic acids is 1. The first-order chi connectivity index (χ1) is 11.0. The van der Waals surface area contributed by atoms with Crippen LogP contribution in [-0.2, 0) is 0 Å².